The van der Waals surface area contributed by atoms with Gasteiger partial charge in [0, 0.05) is 5.56 Å². The number of nitriles is 1. The fourth-order valence-corrected chi connectivity index (χ4v) is 1.49. The minimum Gasteiger partial charge on any atom is -0.507 e. The third-order valence-electron chi connectivity index (χ3n) is 2.25. The van der Waals surface area contributed by atoms with Crippen LogP contribution >= 0.6 is 0 Å². The summed E-state index contributed by atoms with van der Waals surface area (Å²) in [5, 5.41) is 20.1. The van der Waals surface area contributed by atoms with Crippen LogP contribution in [0.4, 0.5) is 0 Å². The highest BCUT2D eigenvalue weighted by molar-refractivity contribution is 5.85. The van der Waals surface area contributed by atoms with Gasteiger partial charge < -0.3 is 5.11 Å². The molecule has 0 amide bonds. The summed E-state index contributed by atoms with van der Waals surface area (Å²) < 4.78 is 0. The van der Waals surface area contributed by atoms with Crippen molar-refractivity contribution in [3.05, 3.63) is 54.1 Å². The molecule has 0 aliphatic rings. The second-order valence-electron chi connectivity index (χ2n) is 3.22. The number of allylic oxidation sites excluding steroid dienone is 1. The Morgan fingerprint density at radius 2 is 1.87 bits per heavy atom. The molecule has 1 N–H and O–H groups in total. The Labute approximate surface area is 87.7 Å². The van der Waals surface area contributed by atoms with Crippen molar-refractivity contribution in [3.63, 3.8) is 0 Å². The van der Waals surface area contributed by atoms with Crippen LogP contribution in [0.15, 0.2) is 48.5 Å². The zero-order valence-corrected chi connectivity index (χ0v) is 8.01. The van der Waals surface area contributed by atoms with E-state index in [1.54, 1.807) is 12.1 Å². The van der Waals surface area contributed by atoms with E-state index in [0.29, 0.717) is 5.56 Å². The van der Waals surface area contributed by atoms with Gasteiger partial charge in [-0.05, 0) is 16.8 Å². The first-order valence-corrected chi connectivity index (χ1v) is 4.59. The monoisotopic (exact) mass is 195 g/mol. The number of aliphatic hydroxyl groups is 1. The smallest absolute Gasteiger partial charge is 0.133 e. The molecule has 0 aliphatic carbocycles. The summed E-state index contributed by atoms with van der Waals surface area (Å²) in [6.07, 6.45) is 1.13. The molecule has 0 saturated carbocycles. The van der Waals surface area contributed by atoms with Gasteiger partial charge in [-0.15, -0.1) is 0 Å². The Morgan fingerprint density at radius 3 is 2.60 bits per heavy atom. The van der Waals surface area contributed by atoms with Gasteiger partial charge in [0.25, 0.3) is 0 Å². The fraction of sp³-hybridized carbons (Fsp3) is 0. The van der Waals surface area contributed by atoms with Crippen LogP contribution in [0.3, 0.4) is 0 Å². The van der Waals surface area contributed by atoms with Crippen LogP contribution in [0.1, 0.15) is 5.56 Å². The van der Waals surface area contributed by atoms with Crippen LogP contribution in [0, 0.1) is 11.3 Å². The maximum Gasteiger partial charge on any atom is 0.133 e. The standard InChI is InChI=1S/C13H9NO/c14-8-7-13(15)12-6-5-10-3-1-2-4-11(10)9-12/h1-7,9,15H/b13-7-. The number of hydrogen-bond acceptors (Lipinski definition) is 2. The van der Waals surface area contributed by atoms with Gasteiger partial charge in [-0.3, -0.25) is 0 Å². The van der Waals surface area contributed by atoms with Crippen molar-refractivity contribution in [2.75, 3.05) is 0 Å². The van der Waals surface area contributed by atoms with Crippen LogP contribution in [0.25, 0.3) is 16.5 Å². The highest BCUT2D eigenvalue weighted by Crippen LogP contribution is 2.19. The summed E-state index contributed by atoms with van der Waals surface area (Å²) >= 11 is 0. The lowest BCUT2D eigenvalue weighted by Gasteiger charge is -2.01. The van der Waals surface area contributed by atoms with Gasteiger partial charge >= 0.3 is 0 Å². The Kier molecular flexibility index (Phi) is 2.38. The van der Waals surface area contributed by atoms with Crippen LogP contribution in [0.2, 0.25) is 0 Å². The predicted molar refractivity (Wildman–Crippen MR) is 60.2 cm³/mol. The maximum atomic E-state index is 9.52. The molecule has 2 rings (SSSR count). The van der Waals surface area contributed by atoms with Crippen molar-refractivity contribution in [2.45, 2.75) is 0 Å². The van der Waals surface area contributed by atoms with Crippen molar-refractivity contribution in [1.82, 2.24) is 0 Å². The van der Waals surface area contributed by atoms with Crippen LogP contribution in [0.5, 0.6) is 0 Å². The summed E-state index contributed by atoms with van der Waals surface area (Å²) in [5.41, 5.74) is 0.662. The molecule has 0 saturated heterocycles. The van der Waals surface area contributed by atoms with E-state index in [2.05, 4.69) is 0 Å². The lowest BCUT2D eigenvalue weighted by Crippen LogP contribution is -1.82. The van der Waals surface area contributed by atoms with E-state index < -0.39 is 0 Å². The molecule has 15 heavy (non-hydrogen) atoms. The first-order chi connectivity index (χ1) is 7.31. The minimum atomic E-state index is 0.00301. The van der Waals surface area contributed by atoms with Crippen molar-refractivity contribution in [1.29, 1.82) is 5.26 Å². The summed E-state index contributed by atoms with van der Waals surface area (Å²) in [5.74, 6) is 0.00301. The summed E-state index contributed by atoms with van der Waals surface area (Å²) in [6.45, 7) is 0. The van der Waals surface area contributed by atoms with Gasteiger partial charge in [-0.25, -0.2) is 0 Å². The van der Waals surface area contributed by atoms with Crippen molar-refractivity contribution < 1.29 is 5.11 Å². The van der Waals surface area contributed by atoms with E-state index in [-0.39, 0.29) is 5.76 Å². The van der Waals surface area contributed by atoms with Crippen molar-refractivity contribution in [3.8, 4) is 6.07 Å². The number of benzene rings is 2. The lowest BCUT2D eigenvalue weighted by molar-refractivity contribution is 0.512. The molecule has 2 aromatic carbocycles. The summed E-state index contributed by atoms with van der Waals surface area (Å²) in [4.78, 5) is 0. The first kappa shape index (κ1) is 9.29. The molecule has 0 unspecified atom stereocenters. The van der Waals surface area contributed by atoms with Gasteiger partial charge in [-0.1, -0.05) is 36.4 Å². The Morgan fingerprint density at radius 1 is 1.13 bits per heavy atom. The number of aliphatic hydroxyl groups excluding tert-OH is 1. The van der Waals surface area contributed by atoms with E-state index in [0.717, 1.165) is 16.8 Å². The number of fused-ring (bicyclic) bond motifs is 1. The van der Waals surface area contributed by atoms with Gasteiger partial charge in [-0.2, -0.15) is 5.26 Å². The minimum absolute atomic E-state index is 0.00301. The zero-order chi connectivity index (χ0) is 10.7. The second kappa shape index (κ2) is 3.85. The third-order valence-corrected chi connectivity index (χ3v) is 2.25. The van der Waals surface area contributed by atoms with Crippen LogP contribution < -0.4 is 0 Å². The van der Waals surface area contributed by atoms with Crippen LogP contribution in [-0.4, -0.2) is 5.11 Å². The van der Waals surface area contributed by atoms with Gasteiger partial charge in [0.15, 0.2) is 0 Å². The molecule has 0 atom stereocenters. The highest BCUT2D eigenvalue weighted by Gasteiger charge is 1.99. The van der Waals surface area contributed by atoms with Gasteiger partial charge in [0.1, 0.15) is 5.76 Å². The SMILES string of the molecule is N#C/C=C(\O)c1ccc2ccccc2c1. The number of hydrogen-bond donors (Lipinski definition) is 1. The molecular weight excluding hydrogens is 186 g/mol. The molecule has 0 spiro atoms. The average Bonchev–Trinajstić information content (AvgIpc) is 2.29. The van der Waals surface area contributed by atoms with Crippen LogP contribution in [-0.2, 0) is 0 Å². The normalized spacial score (nSPS) is 11.3. The second-order valence-corrected chi connectivity index (χ2v) is 3.22. The quantitative estimate of drug-likeness (QED) is 0.560. The molecule has 2 heteroatoms. The highest BCUT2D eigenvalue weighted by atomic mass is 16.3. The Hall–Kier alpha value is -2.27. The maximum absolute atomic E-state index is 9.52. The Balaban J connectivity index is 2.57. The zero-order valence-electron chi connectivity index (χ0n) is 8.01. The molecule has 0 fully saturated rings. The van der Waals surface area contributed by atoms with Gasteiger partial charge in [0.05, 0.1) is 12.1 Å². The van der Waals surface area contributed by atoms with E-state index in [1.165, 1.54) is 0 Å². The molecule has 0 aromatic heterocycles. The molecule has 0 radical (unpaired) electrons. The molecule has 2 aromatic rings. The molecule has 0 heterocycles. The molecular formula is C13H9NO. The average molecular weight is 195 g/mol. The molecule has 72 valence electrons. The lowest BCUT2D eigenvalue weighted by atomic mass is 10.1. The largest absolute Gasteiger partial charge is 0.507 e. The molecule has 2 nitrogen and oxygen atoms in total. The first-order valence-electron chi connectivity index (χ1n) is 4.59. The molecule has 0 aliphatic heterocycles. The topological polar surface area (TPSA) is 44.0 Å². The van der Waals surface area contributed by atoms with Crippen molar-refractivity contribution >= 4 is 16.5 Å². The summed E-state index contributed by atoms with van der Waals surface area (Å²) in [7, 11) is 0. The predicted octanol–water partition coefficient (Wildman–Crippen LogP) is 3.26. The molecule has 0 bridgehead atoms. The number of rotatable bonds is 1. The number of nitrogens with zero attached hydrogens (tertiary/aromatic N) is 1. The van der Waals surface area contributed by atoms with Gasteiger partial charge in [0.2, 0.25) is 0 Å². The Bertz CT molecular complexity index is 564. The van der Waals surface area contributed by atoms with E-state index in [9.17, 15) is 5.11 Å². The van der Waals surface area contributed by atoms with Crippen molar-refractivity contribution in [2.24, 2.45) is 0 Å². The van der Waals surface area contributed by atoms with E-state index in [1.807, 2.05) is 36.4 Å². The third kappa shape index (κ3) is 1.82. The van der Waals surface area contributed by atoms with E-state index in [4.69, 9.17) is 5.26 Å². The van der Waals surface area contributed by atoms with E-state index >= 15 is 0 Å². The summed E-state index contributed by atoms with van der Waals surface area (Å²) in [6, 6.07) is 15.3. The fourth-order valence-electron chi connectivity index (χ4n) is 1.49.